The summed E-state index contributed by atoms with van der Waals surface area (Å²) in [6.45, 7) is 7.76. The van der Waals surface area contributed by atoms with Gasteiger partial charge in [0, 0.05) is 57.6 Å². The van der Waals surface area contributed by atoms with Gasteiger partial charge in [-0.25, -0.2) is 4.98 Å². The van der Waals surface area contributed by atoms with Crippen molar-refractivity contribution < 1.29 is 9.47 Å². The maximum absolute atomic E-state index is 5.73. The second-order valence-corrected chi connectivity index (χ2v) is 6.79. The van der Waals surface area contributed by atoms with Gasteiger partial charge >= 0.3 is 0 Å². The van der Waals surface area contributed by atoms with E-state index in [1.165, 1.54) is 0 Å². The Bertz CT molecular complexity index is 676. The monoisotopic (exact) mass is 373 g/mol. The molecule has 7 nitrogen and oxygen atoms in total. The smallest absolute Gasteiger partial charge is 0.191 e. The van der Waals surface area contributed by atoms with E-state index in [9.17, 15) is 0 Å². The minimum atomic E-state index is 0.576. The number of ether oxygens (including phenoxy) is 2. The Morgan fingerprint density at radius 3 is 3.19 bits per heavy atom. The molecule has 7 heteroatoms. The number of rotatable bonds is 10. The van der Waals surface area contributed by atoms with Gasteiger partial charge in [-0.3, -0.25) is 4.99 Å². The first-order valence-electron chi connectivity index (χ1n) is 9.95. The number of aliphatic imine (C=N–C) groups is 1. The highest BCUT2D eigenvalue weighted by Gasteiger charge is 2.15. The van der Waals surface area contributed by atoms with Crippen LogP contribution in [-0.2, 0) is 15.9 Å². The van der Waals surface area contributed by atoms with E-state index in [-0.39, 0.29) is 0 Å². The Morgan fingerprint density at radius 1 is 1.41 bits per heavy atom. The van der Waals surface area contributed by atoms with E-state index >= 15 is 0 Å². The number of hydrogen-bond acceptors (Lipinski definition) is 4. The fourth-order valence-corrected chi connectivity index (χ4v) is 3.08. The maximum atomic E-state index is 5.73. The fourth-order valence-electron chi connectivity index (χ4n) is 3.08. The first-order chi connectivity index (χ1) is 13.3. The Kier molecular flexibility index (Phi) is 7.92. The molecular formula is C20H31N5O2. The highest BCUT2D eigenvalue weighted by molar-refractivity contribution is 5.79. The van der Waals surface area contributed by atoms with Gasteiger partial charge in [0.2, 0.25) is 0 Å². The minimum Gasteiger partial charge on any atom is -0.381 e. The number of fused-ring (bicyclic) bond motifs is 1. The predicted octanol–water partition coefficient (Wildman–Crippen LogP) is 1.88. The minimum absolute atomic E-state index is 0.576. The zero-order chi connectivity index (χ0) is 18.7. The molecule has 1 atom stereocenters. The number of guanidine groups is 1. The van der Waals surface area contributed by atoms with Crippen LogP contribution < -0.4 is 10.6 Å². The molecule has 3 heterocycles. The molecule has 27 heavy (non-hydrogen) atoms. The van der Waals surface area contributed by atoms with Crippen LogP contribution in [0.5, 0.6) is 0 Å². The summed E-state index contributed by atoms with van der Waals surface area (Å²) in [6.07, 6.45) is 7.01. The lowest BCUT2D eigenvalue weighted by Gasteiger charge is -2.11. The summed E-state index contributed by atoms with van der Waals surface area (Å²) in [5.41, 5.74) is 2.06. The number of aromatic nitrogens is 2. The van der Waals surface area contributed by atoms with Gasteiger partial charge in [0.15, 0.2) is 5.96 Å². The lowest BCUT2D eigenvalue weighted by molar-refractivity contribution is 0.0893. The van der Waals surface area contributed by atoms with Crippen LogP contribution in [0.1, 0.15) is 25.5 Å². The molecule has 148 valence electrons. The lowest BCUT2D eigenvalue weighted by Crippen LogP contribution is -2.38. The molecule has 1 aliphatic rings. The van der Waals surface area contributed by atoms with Crippen molar-refractivity contribution in [2.45, 2.75) is 26.2 Å². The van der Waals surface area contributed by atoms with Crippen molar-refractivity contribution in [3.8, 4) is 0 Å². The van der Waals surface area contributed by atoms with Gasteiger partial charge in [0.25, 0.3) is 0 Å². The summed E-state index contributed by atoms with van der Waals surface area (Å²) in [5, 5.41) is 6.67. The second kappa shape index (κ2) is 10.9. The summed E-state index contributed by atoms with van der Waals surface area (Å²) in [7, 11) is 0. The number of nitrogens with one attached hydrogen (secondary N) is 2. The van der Waals surface area contributed by atoms with E-state index in [1.54, 1.807) is 0 Å². The molecule has 1 unspecified atom stereocenters. The van der Waals surface area contributed by atoms with Crippen LogP contribution in [0.4, 0.5) is 0 Å². The standard InChI is InChI=1S/C20H31N5O2/c1-2-21-20(22-9-5-12-26-15-17-8-13-27-16-17)23-10-7-18-14-25-11-4-3-6-19(25)24-18/h3-4,6,11,14,17H,2,5,7-10,12-13,15-16H2,1H3,(H2,21,22,23). The predicted molar refractivity (Wildman–Crippen MR) is 107 cm³/mol. The summed E-state index contributed by atoms with van der Waals surface area (Å²) >= 11 is 0. The topological polar surface area (TPSA) is 72.2 Å². The van der Waals surface area contributed by atoms with Gasteiger partial charge < -0.3 is 24.5 Å². The third-order valence-electron chi connectivity index (χ3n) is 4.53. The SMILES string of the molecule is CCNC(=NCCCOCC1CCOC1)NCCc1cn2ccccc2n1. The lowest BCUT2D eigenvalue weighted by atomic mass is 10.1. The molecule has 0 spiro atoms. The molecule has 0 radical (unpaired) electrons. The van der Waals surface area contributed by atoms with Gasteiger partial charge in [0.05, 0.1) is 18.9 Å². The Labute approximate surface area is 161 Å². The van der Waals surface area contributed by atoms with Gasteiger partial charge in [-0.05, 0) is 31.9 Å². The first kappa shape index (κ1) is 19.6. The van der Waals surface area contributed by atoms with E-state index in [0.29, 0.717) is 5.92 Å². The van der Waals surface area contributed by atoms with Crippen molar-refractivity contribution in [3.05, 3.63) is 36.3 Å². The second-order valence-electron chi connectivity index (χ2n) is 6.79. The van der Waals surface area contributed by atoms with Gasteiger partial charge in [-0.2, -0.15) is 0 Å². The highest BCUT2D eigenvalue weighted by Crippen LogP contribution is 2.12. The van der Waals surface area contributed by atoms with Crippen molar-refractivity contribution in [1.82, 2.24) is 20.0 Å². The van der Waals surface area contributed by atoms with E-state index < -0.39 is 0 Å². The Morgan fingerprint density at radius 2 is 2.37 bits per heavy atom. The van der Waals surface area contributed by atoms with E-state index in [1.807, 2.05) is 28.8 Å². The molecule has 1 aliphatic heterocycles. The molecule has 1 saturated heterocycles. The fraction of sp³-hybridized carbons (Fsp3) is 0.600. The van der Waals surface area contributed by atoms with Crippen molar-refractivity contribution in [2.24, 2.45) is 10.9 Å². The molecule has 0 bridgehead atoms. The van der Waals surface area contributed by atoms with Crippen LogP contribution in [-0.4, -0.2) is 61.4 Å². The molecule has 3 rings (SSSR count). The van der Waals surface area contributed by atoms with Gasteiger partial charge in [-0.15, -0.1) is 0 Å². The zero-order valence-electron chi connectivity index (χ0n) is 16.2. The molecule has 2 N–H and O–H groups in total. The first-order valence-corrected chi connectivity index (χ1v) is 9.95. The summed E-state index contributed by atoms with van der Waals surface area (Å²) in [6, 6.07) is 6.04. The largest absolute Gasteiger partial charge is 0.381 e. The summed E-state index contributed by atoms with van der Waals surface area (Å²) in [4.78, 5) is 9.24. The van der Waals surface area contributed by atoms with Crippen LogP contribution >= 0.6 is 0 Å². The maximum Gasteiger partial charge on any atom is 0.191 e. The van der Waals surface area contributed by atoms with E-state index in [0.717, 1.165) is 82.6 Å². The van der Waals surface area contributed by atoms with Gasteiger partial charge in [0.1, 0.15) is 5.65 Å². The van der Waals surface area contributed by atoms with E-state index in [4.69, 9.17) is 9.47 Å². The molecule has 1 fully saturated rings. The molecule has 2 aromatic heterocycles. The molecule has 0 aliphatic carbocycles. The number of nitrogens with zero attached hydrogens (tertiary/aromatic N) is 3. The number of hydrogen-bond donors (Lipinski definition) is 2. The van der Waals surface area contributed by atoms with Crippen LogP contribution in [0.15, 0.2) is 35.6 Å². The van der Waals surface area contributed by atoms with Crippen molar-refractivity contribution in [3.63, 3.8) is 0 Å². The van der Waals surface area contributed by atoms with Crippen LogP contribution in [0.3, 0.4) is 0 Å². The third kappa shape index (κ3) is 6.52. The Balaban J connectivity index is 1.34. The average molecular weight is 374 g/mol. The zero-order valence-corrected chi connectivity index (χ0v) is 16.2. The summed E-state index contributed by atoms with van der Waals surface area (Å²) in [5.74, 6) is 1.43. The molecule has 0 amide bonds. The van der Waals surface area contributed by atoms with Crippen LogP contribution in [0.25, 0.3) is 5.65 Å². The Hall–Kier alpha value is -2.12. The van der Waals surface area contributed by atoms with Crippen molar-refractivity contribution >= 4 is 11.6 Å². The molecule has 0 saturated carbocycles. The van der Waals surface area contributed by atoms with Crippen LogP contribution in [0, 0.1) is 5.92 Å². The number of pyridine rings is 1. The third-order valence-corrected chi connectivity index (χ3v) is 4.53. The number of imidazole rings is 1. The van der Waals surface area contributed by atoms with Crippen molar-refractivity contribution in [1.29, 1.82) is 0 Å². The molecular weight excluding hydrogens is 342 g/mol. The normalized spacial score (nSPS) is 17.5. The highest BCUT2D eigenvalue weighted by atomic mass is 16.5. The molecule has 2 aromatic rings. The molecule has 0 aromatic carbocycles. The van der Waals surface area contributed by atoms with E-state index in [2.05, 4.69) is 33.7 Å². The van der Waals surface area contributed by atoms with Gasteiger partial charge in [-0.1, -0.05) is 6.07 Å². The van der Waals surface area contributed by atoms with Crippen LogP contribution in [0.2, 0.25) is 0 Å². The summed E-state index contributed by atoms with van der Waals surface area (Å²) < 4.78 is 13.1. The average Bonchev–Trinajstić information content (AvgIpc) is 3.33. The quantitative estimate of drug-likeness (QED) is 0.378. The van der Waals surface area contributed by atoms with Crippen molar-refractivity contribution in [2.75, 3.05) is 46.1 Å².